The minimum atomic E-state index is -0.290. The van der Waals surface area contributed by atoms with Crippen LogP contribution < -0.4 is 4.90 Å². The van der Waals surface area contributed by atoms with Crippen LogP contribution in [0.1, 0.15) is 12.5 Å². The Bertz CT molecular complexity index is 791. The molecule has 5 nitrogen and oxygen atoms in total. The van der Waals surface area contributed by atoms with Crippen molar-refractivity contribution in [1.29, 1.82) is 0 Å². The minimum Gasteiger partial charge on any atom is -0.506 e. The first-order valence-electron chi connectivity index (χ1n) is 9.22. The molecule has 1 aliphatic rings. The fourth-order valence-electron chi connectivity index (χ4n) is 3.54. The van der Waals surface area contributed by atoms with E-state index in [1.807, 2.05) is 31.2 Å². The van der Waals surface area contributed by atoms with Crippen LogP contribution in [0.2, 0.25) is 0 Å². The maximum absolute atomic E-state index is 13.3. The molecule has 3 rings (SSSR count). The summed E-state index contributed by atoms with van der Waals surface area (Å²) in [5, 5.41) is 10.0. The summed E-state index contributed by atoms with van der Waals surface area (Å²) in [5.41, 5.74) is 1.61. The zero-order valence-corrected chi connectivity index (χ0v) is 15.8. The van der Waals surface area contributed by atoms with Crippen LogP contribution in [0.4, 0.5) is 10.1 Å². The molecule has 27 heavy (non-hydrogen) atoms. The van der Waals surface area contributed by atoms with Gasteiger partial charge in [0.1, 0.15) is 11.6 Å². The van der Waals surface area contributed by atoms with E-state index in [-0.39, 0.29) is 23.5 Å². The number of amides is 1. The fraction of sp³-hybridized carbons (Fsp3) is 0.381. The normalized spacial score (nSPS) is 16.2. The van der Waals surface area contributed by atoms with Crippen molar-refractivity contribution in [1.82, 2.24) is 9.80 Å². The SMILES string of the molecule is CC(C(=O)N(C)Cc1cccc(F)c1)N1CCN(c2ccccc2O)CC1. The lowest BCUT2D eigenvalue weighted by molar-refractivity contribution is -0.135. The molecule has 144 valence electrons. The number of hydrogen-bond donors (Lipinski definition) is 1. The average Bonchev–Trinajstić information content (AvgIpc) is 2.67. The quantitative estimate of drug-likeness (QED) is 0.878. The number of likely N-dealkylation sites (N-methyl/N-ethyl adjacent to an activating group) is 1. The molecule has 0 aliphatic carbocycles. The average molecular weight is 371 g/mol. The van der Waals surface area contributed by atoms with Crippen LogP contribution in [0, 0.1) is 5.82 Å². The van der Waals surface area contributed by atoms with Gasteiger partial charge in [-0.15, -0.1) is 0 Å². The number of phenolic OH excluding ortho intramolecular Hbond substituents is 1. The molecule has 2 aromatic rings. The molecule has 0 aromatic heterocycles. The summed E-state index contributed by atoms with van der Waals surface area (Å²) in [7, 11) is 1.75. The van der Waals surface area contributed by atoms with Gasteiger partial charge in [-0.1, -0.05) is 24.3 Å². The summed E-state index contributed by atoms with van der Waals surface area (Å²) in [4.78, 5) is 18.7. The third-order valence-corrected chi connectivity index (χ3v) is 5.13. The third-order valence-electron chi connectivity index (χ3n) is 5.13. The lowest BCUT2D eigenvalue weighted by atomic mass is 10.1. The molecule has 1 amide bonds. The molecule has 1 atom stereocenters. The van der Waals surface area contributed by atoms with Crippen molar-refractivity contribution in [3.8, 4) is 5.75 Å². The van der Waals surface area contributed by atoms with E-state index in [2.05, 4.69) is 9.80 Å². The van der Waals surface area contributed by atoms with Gasteiger partial charge in [0.15, 0.2) is 0 Å². The molecular formula is C21H26FN3O2. The highest BCUT2D eigenvalue weighted by atomic mass is 19.1. The number of para-hydroxylation sites is 2. The number of hydrogen-bond acceptors (Lipinski definition) is 4. The number of carbonyl (C=O) groups excluding carboxylic acids is 1. The number of nitrogens with zero attached hydrogens (tertiary/aromatic N) is 3. The first-order valence-corrected chi connectivity index (χ1v) is 9.22. The Balaban J connectivity index is 1.56. The number of anilines is 1. The van der Waals surface area contributed by atoms with Gasteiger partial charge in [-0.2, -0.15) is 0 Å². The highest BCUT2D eigenvalue weighted by Gasteiger charge is 2.28. The number of halogens is 1. The zero-order valence-electron chi connectivity index (χ0n) is 15.8. The first-order chi connectivity index (χ1) is 13.0. The van der Waals surface area contributed by atoms with Gasteiger partial charge in [0.25, 0.3) is 0 Å². The van der Waals surface area contributed by atoms with Crippen LogP contribution in [0.15, 0.2) is 48.5 Å². The van der Waals surface area contributed by atoms with Crippen LogP contribution >= 0.6 is 0 Å². The second-order valence-corrected chi connectivity index (χ2v) is 7.01. The van der Waals surface area contributed by atoms with Crippen molar-refractivity contribution in [2.75, 3.05) is 38.1 Å². The largest absolute Gasteiger partial charge is 0.506 e. The number of carbonyl (C=O) groups is 1. The Morgan fingerprint density at radius 1 is 1.15 bits per heavy atom. The van der Waals surface area contributed by atoms with Crippen LogP contribution in [-0.4, -0.2) is 60.1 Å². The topological polar surface area (TPSA) is 47.0 Å². The molecule has 0 radical (unpaired) electrons. The first kappa shape index (κ1) is 19.2. The molecule has 1 fully saturated rings. The Morgan fingerprint density at radius 3 is 2.52 bits per heavy atom. The van der Waals surface area contributed by atoms with Gasteiger partial charge in [0.05, 0.1) is 11.7 Å². The monoisotopic (exact) mass is 371 g/mol. The fourth-order valence-corrected chi connectivity index (χ4v) is 3.54. The van der Waals surface area contributed by atoms with E-state index in [0.717, 1.165) is 37.4 Å². The smallest absolute Gasteiger partial charge is 0.239 e. The van der Waals surface area contributed by atoms with Gasteiger partial charge in [-0.3, -0.25) is 9.69 Å². The molecule has 0 spiro atoms. The van der Waals surface area contributed by atoms with Crippen molar-refractivity contribution in [2.45, 2.75) is 19.5 Å². The van der Waals surface area contributed by atoms with Crippen molar-refractivity contribution in [2.24, 2.45) is 0 Å². The molecule has 0 bridgehead atoms. The molecule has 6 heteroatoms. The number of piperazine rings is 1. The molecule has 1 heterocycles. The maximum Gasteiger partial charge on any atom is 0.239 e. The van der Waals surface area contributed by atoms with Gasteiger partial charge >= 0.3 is 0 Å². The second kappa shape index (κ2) is 8.39. The highest BCUT2D eigenvalue weighted by Crippen LogP contribution is 2.27. The highest BCUT2D eigenvalue weighted by molar-refractivity contribution is 5.81. The number of phenols is 1. The van der Waals surface area contributed by atoms with Crippen molar-refractivity contribution < 1.29 is 14.3 Å². The van der Waals surface area contributed by atoms with Crippen LogP contribution in [0.3, 0.4) is 0 Å². The van der Waals surface area contributed by atoms with Gasteiger partial charge < -0.3 is 14.9 Å². The van der Waals surface area contributed by atoms with Gasteiger partial charge in [0, 0.05) is 39.8 Å². The van der Waals surface area contributed by atoms with Crippen molar-refractivity contribution >= 4 is 11.6 Å². The van der Waals surface area contributed by atoms with E-state index in [1.54, 1.807) is 24.1 Å². The Labute approximate surface area is 159 Å². The molecule has 1 saturated heterocycles. The molecule has 1 unspecified atom stereocenters. The minimum absolute atomic E-state index is 0.0234. The molecule has 1 N–H and O–H groups in total. The molecule has 2 aromatic carbocycles. The van der Waals surface area contributed by atoms with Crippen LogP contribution in [0.5, 0.6) is 5.75 Å². The van der Waals surface area contributed by atoms with Gasteiger partial charge in [0.2, 0.25) is 5.91 Å². The molecule has 0 saturated carbocycles. The summed E-state index contributed by atoms with van der Waals surface area (Å²) >= 11 is 0. The predicted molar refractivity (Wildman–Crippen MR) is 104 cm³/mol. The summed E-state index contributed by atoms with van der Waals surface area (Å²) < 4.78 is 13.3. The Hall–Kier alpha value is -2.60. The van der Waals surface area contributed by atoms with Gasteiger partial charge in [-0.25, -0.2) is 4.39 Å². The lowest BCUT2D eigenvalue weighted by Crippen LogP contribution is -2.54. The van der Waals surface area contributed by atoms with E-state index in [0.29, 0.717) is 6.54 Å². The molecule has 1 aliphatic heterocycles. The van der Waals surface area contributed by atoms with E-state index in [9.17, 15) is 14.3 Å². The second-order valence-electron chi connectivity index (χ2n) is 7.01. The lowest BCUT2D eigenvalue weighted by Gasteiger charge is -2.39. The number of rotatable bonds is 5. The molecular weight excluding hydrogens is 345 g/mol. The van der Waals surface area contributed by atoms with E-state index in [1.165, 1.54) is 12.1 Å². The maximum atomic E-state index is 13.3. The summed E-state index contributed by atoms with van der Waals surface area (Å²) in [5.74, 6) is 0.0156. The summed E-state index contributed by atoms with van der Waals surface area (Å²) in [6.07, 6.45) is 0. The van der Waals surface area contributed by atoms with Crippen molar-refractivity contribution in [3.63, 3.8) is 0 Å². The zero-order chi connectivity index (χ0) is 19.4. The summed E-state index contributed by atoms with van der Waals surface area (Å²) in [6, 6.07) is 13.4. The third kappa shape index (κ3) is 4.57. The van der Waals surface area contributed by atoms with Crippen LogP contribution in [-0.2, 0) is 11.3 Å². The number of aromatic hydroxyl groups is 1. The Kier molecular flexibility index (Phi) is 5.96. The summed E-state index contributed by atoms with van der Waals surface area (Å²) in [6.45, 7) is 5.30. The number of benzene rings is 2. The van der Waals surface area contributed by atoms with E-state index >= 15 is 0 Å². The van der Waals surface area contributed by atoms with Crippen molar-refractivity contribution in [3.05, 3.63) is 59.9 Å². The van der Waals surface area contributed by atoms with E-state index in [4.69, 9.17) is 0 Å². The van der Waals surface area contributed by atoms with Gasteiger partial charge in [-0.05, 0) is 36.8 Å². The standard InChI is InChI=1S/C21H26FN3O2/c1-16(21(27)23(2)15-17-6-5-7-18(22)14-17)24-10-12-25(13-11-24)19-8-3-4-9-20(19)26/h3-9,14,16,26H,10-13,15H2,1-2H3. The van der Waals surface area contributed by atoms with Crippen LogP contribution in [0.25, 0.3) is 0 Å². The predicted octanol–water partition coefficient (Wildman–Crippen LogP) is 2.70. The Morgan fingerprint density at radius 2 is 1.85 bits per heavy atom. The van der Waals surface area contributed by atoms with E-state index < -0.39 is 0 Å².